The van der Waals surface area contributed by atoms with E-state index in [1.54, 1.807) is 6.07 Å². The molecule has 0 aromatic carbocycles. The molecule has 0 aliphatic carbocycles. The Morgan fingerprint density at radius 3 is 2.60 bits per heavy atom. The number of rotatable bonds is 7. The molecule has 0 atom stereocenters. The molecule has 0 spiro atoms. The standard InChI is InChI=1S/C11H21N3O/c1-3-14(4-2)8-7-13-9-10-5-6-11(12)15-10/h5-6,13H,3-4,7-9,12H2,1-2H3. The van der Waals surface area contributed by atoms with Crippen molar-refractivity contribution in [3.05, 3.63) is 17.9 Å². The molecule has 0 saturated carbocycles. The van der Waals surface area contributed by atoms with Crippen molar-refractivity contribution in [1.29, 1.82) is 0 Å². The second kappa shape index (κ2) is 6.48. The van der Waals surface area contributed by atoms with Gasteiger partial charge in [0.15, 0.2) is 5.88 Å². The van der Waals surface area contributed by atoms with E-state index in [0.29, 0.717) is 5.88 Å². The second-order valence-corrected chi connectivity index (χ2v) is 3.51. The highest BCUT2D eigenvalue weighted by Crippen LogP contribution is 2.07. The highest BCUT2D eigenvalue weighted by Gasteiger charge is 2.00. The van der Waals surface area contributed by atoms with Crippen LogP contribution in [0, 0.1) is 0 Å². The first kappa shape index (κ1) is 12.1. The van der Waals surface area contributed by atoms with E-state index in [1.165, 1.54) is 0 Å². The molecule has 0 fully saturated rings. The number of hydrogen-bond donors (Lipinski definition) is 2. The fraction of sp³-hybridized carbons (Fsp3) is 0.636. The van der Waals surface area contributed by atoms with Gasteiger partial charge in [0, 0.05) is 19.2 Å². The van der Waals surface area contributed by atoms with Crippen LogP contribution in [-0.2, 0) is 6.54 Å². The normalized spacial score (nSPS) is 11.1. The summed E-state index contributed by atoms with van der Waals surface area (Å²) < 4.78 is 5.24. The fourth-order valence-electron chi connectivity index (χ4n) is 1.48. The van der Waals surface area contributed by atoms with Crippen LogP contribution in [0.25, 0.3) is 0 Å². The molecule has 86 valence electrons. The van der Waals surface area contributed by atoms with Gasteiger partial charge >= 0.3 is 0 Å². The lowest BCUT2D eigenvalue weighted by Gasteiger charge is -2.17. The predicted molar refractivity (Wildman–Crippen MR) is 62.6 cm³/mol. The molecule has 0 radical (unpaired) electrons. The lowest BCUT2D eigenvalue weighted by atomic mass is 10.4. The molecule has 1 heterocycles. The first-order valence-corrected chi connectivity index (χ1v) is 5.53. The van der Waals surface area contributed by atoms with Crippen molar-refractivity contribution in [3.8, 4) is 0 Å². The zero-order valence-electron chi connectivity index (χ0n) is 9.62. The minimum absolute atomic E-state index is 0.482. The summed E-state index contributed by atoms with van der Waals surface area (Å²) in [5.74, 6) is 1.38. The number of anilines is 1. The average Bonchev–Trinajstić information content (AvgIpc) is 2.65. The molecule has 1 aromatic rings. The van der Waals surface area contributed by atoms with Gasteiger partial charge in [-0.15, -0.1) is 0 Å². The maximum absolute atomic E-state index is 5.47. The number of furan rings is 1. The summed E-state index contributed by atoms with van der Waals surface area (Å²) in [6.45, 7) is 9.36. The van der Waals surface area contributed by atoms with Gasteiger partial charge in [-0.05, 0) is 19.2 Å². The summed E-state index contributed by atoms with van der Waals surface area (Å²) in [5, 5.41) is 3.32. The lowest BCUT2D eigenvalue weighted by molar-refractivity contribution is 0.300. The molecule has 4 nitrogen and oxygen atoms in total. The first-order valence-electron chi connectivity index (χ1n) is 5.53. The van der Waals surface area contributed by atoms with Crippen LogP contribution in [0.5, 0.6) is 0 Å². The molecule has 0 aliphatic heterocycles. The third-order valence-corrected chi connectivity index (χ3v) is 2.48. The van der Waals surface area contributed by atoms with Gasteiger partial charge in [0.2, 0.25) is 0 Å². The molecule has 0 aliphatic rings. The first-order chi connectivity index (χ1) is 7.26. The van der Waals surface area contributed by atoms with Crippen LogP contribution in [0.15, 0.2) is 16.5 Å². The summed E-state index contributed by atoms with van der Waals surface area (Å²) >= 11 is 0. The quantitative estimate of drug-likeness (QED) is 0.667. The number of nitrogens with one attached hydrogen (secondary N) is 1. The summed E-state index contributed by atoms with van der Waals surface area (Å²) in [6.07, 6.45) is 0. The number of nitrogens with two attached hydrogens (primary N) is 1. The van der Waals surface area contributed by atoms with Crippen molar-refractivity contribution in [2.24, 2.45) is 0 Å². The molecule has 4 heteroatoms. The Balaban J connectivity index is 2.11. The van der Waals surface area contributed by atoms with Crippen LogP contribution < -0.4 is 11.1 Å². The Hall–Kier alpha value is -1.00. The van der Waals surface area contributed by atoms with Crippen LogP contribution in [0.1, 0.15) is 19.6 Å². The lowest BCUT2D eigenvalue weighted by Crippen LogP contribution is -2.31. The maximum Gasteiger partial charge on any atom is 0.190 e. The van der Waals surface area contributed by atoms with Crippen LogP contribution in [-0.4, -0.2) is 31.1 Å². The fourth-order valence-corrected chi connectivity index (χ4v) is 1.48. The zero-order chi connectivity index (χ0) is 11.1. The van der Waals surface area contributed by atoms with Crippen LogP contribution in [0.2, 0.25) is 0 Å². The summed E-state index contributed by atoms with van der Waals surface area (Å²) in [7, 11) is 0. The van der Waals surface area contributed by atoms with Gasteiger partial charge < -0.3 is 20.4 Å². The third kappa shape index (κ3) is 4.36. The van der Waals surface area contributed by atoms with Crippen LogP contribution >= 0.6 is 0 Å². The molecule has 0 saturated heterocycles. The topological polar surface area (TPSA) is 54.4 Å². The van der Waals surface area contributed by atoms with E-state index in [2.05, 4.69) is 24.1 Å². The van der Waals surface area contributed by atoms with Gasteiger partial charge in [-0.3, -0.25) is 0 Å². The van der Waals surface area contributed by atoms with Gasteiger partial charge in [0.25, 0.3) is 0 Å². The highest BCUT2D eigenvalue weighted by molar-refractivity contribution is 5.25. The molecular weight excluding hydrogens is 190 g/mol. The van der Waals surface area contributed by atoms with Gasteiger partial charge in [0.1, 0.15) is 5.76 Å². The Labute approximate surface area is 91.4 Å². The molecule has 0 amide bonds. The van der Waals surface area contributed by atoms with E-state index in [0.717, 1.165) is 38.5 Å². The van der Waals surface area contributed by atoms with E-state index < -0.39 is 0 Å². The van der Waals surface area contributed by atoms with Gasteiger partial charge in [-0.2, -0.15) is 0 Å². The Kier molecular flexibility index (Phi) is 5.21. The number of nitrogen functional groups attached to an aromatic ring is 1. The zero-order valence-corrected chi connectivity index (χ0v) is 9.62. The SMILES string of the molecule is CCN(CC)CCNCc1ccc(N)o1. The van der Waals surface area contributed by atoms with Crippen molar-refractivity contribution in [2.45, 2.75) is 20.4 Å². The van der Waals surface area contributed by atoms with Crippen LogP contribution in [0.4, 0.5) is 5.88 Å². The van der Waals surface area contributed by atoms with Crippen molar-refractivity contribution in [3.63, 3.8) is 0 Å². The van der Waals surface area contributed by atoms with Crippen molar-refractivity contribution in [2.75, 3.05) is 31.9 Å². The highest BCUT2D eigenvalue weighted by atomic mass is 16.4. The van der Waals surface area contributed by atoms with Crippen LogP contribution in [0.3, 0.4) is 0 Å². The molecular formula is C11H21N3O. The molecule has 15 heavy (non-hydrogen) atoms. The average molecular weight is 211 g/mol. The van der Waals surface area contributed by atoms with E-state index in [1.807, 2.05) is 6.07 Å². The minimum Gasteiger partial charge on any atom is -0.445 e. The smallest absolute Gasteiger partial charge is 0.190 e. The summed E-state index contributed by atoms with van der Waals surface area (Å²) in [4.78, 5) is 2.38. The van der Waals surface area contributed by atoms with Gasteiger partial charge in [0.05, 0.1) is 6.54 Å². The van der Waals surface area contributed by atoms with E-state index in [9.17, 15) is 0 Å². The molecule has 3 N–H and O–H groups in total. The van der Waals surface area contributed by atoms with Crippen molar-refractivity contribution >= 4 is 5.88 Å². The number of hydrogen-bond acceptors (Lipinski definition) is 4. The molecule has 0 bridgehead atoms. The van der Waals surface area contributed by atoms with E-state index in [4.69, 9.17) is 10.2 Å². The monoisotopic (exact) mass is 211 g/mol. The molecule has 1 aromatic heterocycles. The molecule has 0 unspecified atom stereocenters. The Morgan fingerprint density at radius 1 is 1.33 bits per heavy atom. The maximum atomic E-state index is 5.47. The predicted octanol–water partition coefficient (Wildman–Crippen LogP) is 1.29. The second-order valence-electron chi connectivity index (χ2n) is 3.51. The number of likely N-dealkylation sites (N-methyl/N-ethyl adjacent to an activating group) is 1. The minimum atomic E-state index is 0.482. The van der Waals surface area contributed by atoms with Gasteiger partial charge in [-0.1, -0.05) is 13.8 Å². The summed E-state index contributed by atoms with van der Waals surface area (Å²) in [6, 6.07) is 3.68. The Morgan fingerprint density at radius 2 is 2.07 bits per heavy atom. The van der Waals surface area contributed by atoms with E-state index in [-0.39, 0.29) is 0 Å². The van der Waals surface area contributed by atoms with Crippen molar-refractivity contribution in [1.82, 2.24) is 10.2 Å². The molecule has 1 rings (SSSR count). The van der Waals surface area contributed by atoms with Crippen molar-refractivity contribution < 1.29 is 4.42 Å². The summed E-state index contributed by atoms with van der Waals surface area (Å²) in [5.41, 5.74) is 5.47. The van der Waals surface area contributed by atoms with E-state index >= 15 is 0 Å². The van der Waals surface area contributed by atoms with Gasteiger partial charge in [-0.25, -0.2) is 0 Å². The Bertz CT molecular complexity index is 269. The largest absolute Gasteiger partial charge is 0.445 e. The third-order valence-electron chi connectivity index (χ3n) is 2.48. The number of nitrogens with zero attached hydrogens (tertiary/aromatic N) is 1.